The van der Waals surface area contributed by atoms with E-state index in [2.05, 4.69) is 10.1 Å². The maximum absolute atomic E-state index is 6.21. The largest absolute Gasteiger partial charge is 0.378 e. The van der Waals surface area contributed by atoms with Gasteiger partial charge in [-0.2, -0.15) is 4.98 Å². The molecule has 1 heterocycles. The number of aromatic nitrogens is 2. The van der Waals surface area contributed by atoms with Crippen molar-refractivity contribution in [1.82, 2.24) is 10.1 Å². The number of nitrogens with two attached hydrogens (primary N) is 1. The Labute approximate surface area is 126 Å². The first-order valence-corrected chi connectivity index (χ1v) is 7.76. The van der Waals surface area contributed by atoms with E-state index in [1.165, 1.54) is 0 Å². The van der Waals surface area contributed by atoms with E-state index in [1.807, 2.05) is 27.7 Å². The van der Waals surface area contributed by atoms with Crippen LogP contribution in [0.4, 0.5) is 0 Å². The van der Waals surface area contributed by atoms with E-state index < -0.39 is 5.54 Å². The molecule has 1 fully saturated rings. The molecule has 120 valence electrons. The second-order valence-electron chi connectivity index (χ2n) is 6.41. The van der Waals surface area contributed by atoms with Crippen LogP contribution in [0, 0.1) is 5.92 Å². The van der Waals surface area contributed by atoms with E-state index in [4.69, 9.17) is 19.7 Å². The molecule has 0 spiro atoms. The first-order chi connectivity index (χ1) is 9.90. The van der Waals surface area contributed by atoms with Crippen molar-refractivity contribution in [3.8, 4) is 0 Å². The minimum absolute atomic E-state index is 0.129. The number of nitrogens with zero attached hydrogens (tertiary/aromatic N) is 2. The predicted octanol–water partition coefficient (Wildman–Crippen LogP) is 2.03. The third-order valence-electron chi connectivity index (χ3n) is 3.75. The van der Waals surface area contributed by atoms with Crippen LogP contribution in [0.2, 0.25) is 0 Å². The Morgan fingerprint density at radius 1 is 1.43 bits per heavy atom. The van der Waals surface area contributed by atoms with Crippen molar-refractivity contribution in [2.24, 2.45) is 11.7 Å². The summed E-state index contributed by atoms with van der Waals surface area (Å²) in [6.45, 7) is 8.99. The Bertz CT molecular complexity index is 439. The van der Waals surface area contributed by atoms with E-state index in [0.29, 0.717) is 30.3 Å². The molecule has 2 N–H and O–H groups in total. The Hall–Kier alpha value is -0.980. The molecule has 0 amide bonds. The molecule has 21 heavy (non-hydrogen) atoms. The van der Waals surface area contributed by atoms with Gasteiger partial charge in [-0.05, 0) is 46.5 Å². The highest BCUT2D eigenvalue weighted by atomic mass is 16.5. The van der Waals surface area contributed by atoms with E-state index in [1.54, 1.807) is 0 Å². The highest BCUT2D eigenvalue weighted by Crippen LogP contribution is 2.32. The third-order valence-corrected chi connectivity index (χ3v) is 3.75. The van der Waals surface area contributed by atoms with Crippen molar-refractivity contribution < 1.29 is 14.0 Å². The van der Waals surface area contributed by atoms with Crippen molar-refractivity contribution in [2.45, 2.75) is 64.7 Å². The quantitative estimate of drug-likeness (QED) is 0.790. The number of hydrogen-bond acceptors (Lipinski definition) is 6. The number of rotatable bonds is 8. The Morgan fingerprint density at radius 2 is 2.14 bits per heavy atom. The zero-order chi connectivity index (χ0) is 15.5. The zero-order valence-corrected chi connectivity index (χ0v) is 13.5. The monoisotopic (exact) mass is 297 g/mol. The first-order valence-electron chi connectivity index (χ1n) is 7.76. The highest BCUT2D eigenvalue weighted by molar-refractivity contribution is 5.02. The second kappa shape index (κ2) is 6.85. The Kier molecular flexibility index (Phi) is 5.35. The van der Waals surface area contributed by atoms with Crippen molar-refractivity contribution >= 4 is 0 Å². The summed E-state index contributed by atoms with van der Waals surface area (Å²) >= 11 is 0. The van der Waals surface area contributed by atoms with Gasteiger partial charge in [-0.3, -0.25) is 0 Å². The summed E-state index contributed by atoms with van der Waals surface area (Å²) in [5, 5.41) is 4.01. The molecule has 6 nitrogen and oxygen atoms in total. The Morgan fingerprint density at radius 3 is 2.76 bits per heavy atom. The molecular weight excluding hydrogens is 270 g/mol. The molecule has 6 heteroatoms. The standard InChI is InChI=1S/C15H27N3O3/c1-5-19-12-6-11(7-12)8-13-17-14(18-21-13)15(4,16)9-20-10(2)3/h10-12H,5-9,16H2,1-4H3. The van der Waals surface area contributed by atoms with Crippen LogP contribution in [-0.2, 0) is 21.4 Å². The molecular formula is C15H27N3O3. The Balaban J connectivity index is 1.84. The van der Waals surface area contributed by atoms with Crippen molar-refractivity contribution in [3.63, 3.8) is 0 Å². The fourth-order valence-corrected chi connectivity index (χ4v) is 2.43. The van der Waals surface area contributed by atoms with Gasteiger partial charge < -0.3 is 19.7 Å². The first kappa shape index (κ1) is 16.4. The smallest absolute Gasteiger partial charge is 0.226 e. The van der Waals surface area contributed by atoms with Gasteiger partial charge in [0.1, 0.15) is 5.54 Å². The molecule has 0 aromatic carbocycles. The van der Waals surface area contributed by atoms with Crippen LogP contribution in [0.3, 0.4) is 0 Å². The van der Waals surface area contributed by atoms with Gasteiger partial charge in [-0.25, -0.2) is 0 Å². The summed E-state index contributed by atoms with van der Waals surface area (Å²) in [6.07, 6.45) is 3.48. The fraction of sp³-hybridized carbons (Fsp3) is 0.867. The molecule has 1 aliphatic rings. The maximum Gasteiger partial charge on any atom is 0.226 e. The maximum atomic E-state index is 6.21. The lowest BCUT2D eigenvalue weighted by Gasteiger charge is -2.33. The molecule has 0 saturated heterocycles. The lowest BCUT2D eigenvalue weighted by Crippen LogP contribution is -2.40. The summed E-state index contributed by atoms with van der Waals surface area (Å²) in [6, 6.07) is 0. The predicted molar refractivity (Wildman–Crippen MR) is 78.8 cm³/mol. The van der Waals surface area contributed by atoms with Crippen LogP contribution < -0.4 is 5.73 Å². The second-order valence-corrected chi connectivity index (χ2v) is 6.41. The number of hydrogen-bond donors (Lipinski definition) is 1. The summed E-state index contributed by atoms with van der Waals surface area (Å²) in [4.78, 5) is 4.43. The number of ether oxygens (including phenoxy) is 2. The van der Waals surface area contributed by atoms with Gasteiger partial charge in [0, 0.05) is 13.0 Å². The van der Waals surface area contributed by atoms with Crippen LogP contribution in [0.1, 0.15) is 52.3 Å². The molecule has 1 atom stereocenters. The molecule has 1 unspecified atom stereocenters. The van der Waals surface area contributed by atoms with Crippen molar-refractivity contribution in [2.75, 3.05) is 13.2 Å². The van der Waals surface area contributed by atoms with Crippen LogP contribution >= 0.6 is 0 Å². The molecule has 0 bridgehead atoms. The molecule has 0 radical (unpaired) electrons. The van der Waals surface area contributed by atoms with Crippen LogP contribution in [-0.4, -0.2) is 35.6 Å². The summed E-state index contributed by atoms with van der Waals surface area (Å²) < 4.78 is 16.4. The summed E-state index contributed by atoms with van der Waals surface area (Å²) in [5.74, 6) is 1.75. The normalized spacial score (nSPS) is 24.9. The summed E-state index contributed by atoms with van der Waals surface area (Å²) in [5.41, 5.74) is 5.49. The highest BCUT2D eigenvalue weighted by Gasteiger charge is 2.33. The average molecular weight is 297 g/mol. The molecule has 1 aliphatic carbocycles. The van der Waals surface area contributed by atoms with E-state index in [9.17, 15) is 0 Å². The minimum Gasteiger partial charge on any atom is -0.378 e. The van der Waals surface area contributed by atoms with Gasteiger partial charge in [-0.1, -0.05) is 5.16 Å². The van der Waals surface area contributed by atoms with Gasteiger partial charge in [0.05, 0.1) is 18.8 Å². The van der Waals surface area contributed by atoms with Gasteiger partial charge >= 0.3 is 0 Å². The molecule has 2 rings (SSSR count). The van der Waals surface area contributed by atoms with Crippen LogP contribution in [0.15, 0.2) is 4.52 Å². The van der Waals surface area contributed by atoms with Crippen molar-refractivity contribution in [3.05, 3.63) is 11.7 Å². The molecule has 0 aliphatic heterocycles. The van der Waals surface area contributed by atoms with Gasteiger partial charge in [-0.15, -0.1) is 0 Å². The fourth-order valence-electron chi connectivity index (χ4n) is 2.43. The molecule has 1 aromatic heterocycles. The lowest BCUT2D eigenvalue weighted by atomic mass is 9.80. The van der Waals surface area contributed by atoms with Gasteiger partial charge in [0.15, 0.2) is 5.82 Å². The van der Waals surface area contributed by atoms with Crippen LogP contribution in [0.5, 0.6) is 0 Å². The topological polar surface area (TPSA) is 83.4 Å². The van der Waals surface area contributed by atoms with Gasteiger partial charge in [0.25, 0.3) is 0 Å². The molecule has 1 aromatic rings. The molecule has 1 saturated carbocycles. The minimum atomic E-state index is -0.723. The van der Waals surface area contributed by atoms with Gasteiger partial charge in [0.2, 0.25) is 5.89 Å². The lowest BCUT2D eigenvalue weighted by molar-refractivity contribution is -0.0258. The van der Waals surface area contributed by atoms with E-state index in [-0.39, 0.29) is 6.10 Å². The zero-order valence-electron chi connectivity index (χ0n) is 13.5. The summed E-state index contributed by atoms with van der Waals surface area (Å²) in [7, 11) is 0. The average Bonchev–Trinajstić information content (AvgIpc) is 2.83. The van der Waals surface area contributed by atoms with E-state index in [0.717, 1.165) is 25.9 Å². The van der Waals surface area contributed by atoms with Crippen LogP contribution in [0.25, 0.3) is 0 Å². The third kappa shape index (κ3) is 4.49. The SMILES string of the molecule is CCOC1CC(Cc2nc(C(C)(N)COC(C)C)no2)C1. The van der Waals surface area contributed by atoms with Crippen molar-refractivity contribution in [1.29, 1.82) is 0 Å². The van der Waals surface area contributed by atoms with E-state index >= 15 is 0 Å².